The maximum absolute atomic E-state index is 12.2. The van der Waals surface area contributed by atoms with E-state index in [9.17, 15) is 4.79 Å². The highest BCUT2D eigenvalue weighted by molar-refractivity contribution is 7.13. The highest BCUT2D eigenvalue weighted by Gasteiger charge is 2.17. The van der Waals surface area contributed by atoms with Crippen molar-refractivity contribution < 1.29 is 4.79 Å². The van der Waals surface area contributed by atoms with E-state index in [0.29, 0.717) is 11.6 Å². The first-order valence-corrected chi connectivity index (χ1v) is 7.52. The van der Waals surface area contributed by atoms with Gasteiger partial charge in [0.15, 0.2) is 5.13 Å². The zero-order valence-corrected chi connectivity index (χ0v) is 12.8. The average molecular weight is 289 g/mol. The molecule has 0 radical (unpaired) electrons. The van der Waals surface area contributed by atoms with Crippen molar-refractivity contribution in [2.24, 2.45) is 0 Å². The van der Waals surface area contributed by atoms with Crippen LogP contribution in [0.15, 0.2) is 29.6 Å². The van der Waals surface area contributed by atoms with Crippen LogP contribution in [0.4, 0.5) is 10.8 Å². The van der Waals surface area contributed by atoms with Gasteiger partial charge in [0.25, 0.3) is 0 Å². The quantitative estimate of drug-likeness (QED) is 0.884. The standard InChI is InChI=1S/C15H19N3OS/c1-4-13(17-12-7-5-10(2)6-8-12)14(19)18-15-16-11(3)9-20-15/h5-9,13,17H,4H2,1-3H3,(H,16,18,19)/t13-/m1/s1. The van der Waals surface area contributed by atoms with E-state index < -0.39 is 0 Å². The molecule has 0 bridgehead atoms. The lowest BCUT2D eigenvalue weighted by molar-refractivity contribution is -0.116. The minimum absolute atomic E-state index is 0.0533. The van der Waals surface area contributed by atoms with E-state index >= 15 is 0 Å². The second-order valence-corrected chi connectivity index (χ2v) is 5.61. The van der Waals surface area contributed by atoms with E-state index in [0.717, 1.165) is 11.4 Å². The summed E-state index contributed by atoms with van der Waals surface area (Å²) in [5, 5.41) is 8.67. The van der Waals surface area contributed by atoms with Gasteiger partial charge in [-0.25, -0.2) is 4.98 Å². The number of thiazole rings is 1. The number of anilines is 2. The fourth-order valence-corrected chi connectivity index (χ4v) is 2.50. The Hall–Kier alpha value is -1.88. The lowest BCUT2D eigenvalue weighted by Crippen LogP contribution is -2.34. The SMILES string of the molecule is CC[C@@H](Nc1ccc(C)cc1)C(=O)Nc1nc(C)cs1. The van der Waals surface area contributed by atoms with Gasteiger partial charge in [0.05, 0.1) is 5.69 Å². The molecule has 0 saturated carbocycles. The van der Waals surface area contributed by atoms with E-state index in [1.807, 2.05) is 50.4 Å². The molecule has 1 aromatic carbocycles. The van der Waals surface area contributed by atoms with E-state index in [1.54, 1.807) is 0 Å². The molecule has 2 rings (SSSR count). The molecule has 0 fully saturated rings. The Morgan fingerprint density at radius 2 is 2.00 bits per heavy atom. The molecular weight excluding hydrogens is 270 g/mol. The van der Waals surface area contributed by atoms with Crippen LogP contribution in [0.1, 0.15) is 24.6 Å². The number of carbonyl (C=O) groups excluding carboxylic acids is 1. The molecule has 0 unspecified atom stereocenters. The molecule has 1 atom stereocenters. The molecule has 106 valence electrons. The van der Waals surface area contributed by atoms with Gasteiger partial charge in [0, 0.05) is 11.1 Å². The number of nitrogens with one attached hydrogen (secondary N) is 2. The highest BCUT2D eigenvalue weighted by Crippen LogP contribution is 2.16. The monoisotopic (exact) mass is 289 g/mol. The van der Waals surface area contributed by atoms with Crippen LogP contribution in [-0.2, 0) is 4.79 Å². The summed E-state index contributed by atoms with van der Waals surface area (Å²) >= 11 is 1.44. The fourth-order valence-electron chi connectivity index (χ4n) is 1.81. The molecule has 4 nitrogen and oxygen atoms in total. The van der Waals surface area contributed by atoms with Crippen LogP contribution in [0, 0.1) is 13.8 Å². The van der Waals surface area contributed by atoms with Crippen LogP contribution >= 0.6 is 11.3 Å². The third-order valence-electron chi connectivity index (χ3n) is 2.97. The Balaban J connectivity index is 2.00. The van der Waals surface area contributed by atoms with E-state index in [1.165, 1.54) is 16.9 Å². The van der Waals surface area contributed by atoms with Gasteiger partial charge in [-0.3, -0.25) is 4.79 Å². The first kappa shape index (κ1) is 14.5. The summed E-state index contributed by atoms with van der Waals surface area (Å²) < 4.78 is 0. The summed E-state index contributed by atoms with van der Waals surface area (Å²) in [6, 6.07) is 7.76. The average Bonchev–Trinajstić information content (AvgIpc) is 2.83. The minimum Gasteiger partial charge on any atom is -0.374 e. The molecule has 1 aromatic heterocycles. The molecule has 1 heterocycles. The second-order valence-electron chi connectivity index (χ2n) is 4.75. The normalized spacial score (nSPS) is 11.9. The predicted octanol–water partition coefficient (Wildman–Crippen LogP) is 3.59. The molecule has 5 heteroatoms. The number of rotatable bonds is 5. The maximum Gasteiger partial charge on any atom is 0.248 e. The summed E-state index contributed by atoms with van der Waals surface area (Å²) in [4.78, 5) is 16.5. The van der Waals surface area contributed by atoms with E-state index in [2.05, 4.69) is 15.6 Å². The lowest BCUT2D eigenvalue weighted by Gasteiger charge is -2.17. The number of carbonyl (C=O) groups is 1. The molecule has 0 aliphatic heterocycles. The van der Waals surface area contributed by atoms with Gasteiger partial charge in [-0.15, -0.1) is 11.3 Å². The number of aromatic nitrogens is 1. The van der Waals surface area contributed by atoms with Crippen molar-refractivity contribution in [1.82, 2.24) is 4.98 Å². The Labute approximate surface area is 123 Å². The highest BCUT2D eigenvalue weighted by atomic mass is 32.1. The van der Waals surface area contributed by atoms with Gasteiger partial charge in [0.2, 0.25) is 5.91 Å². The summed E-state index contributed by atoms with van der Waals surface area (Å²) in [6.45, 7) is 5.94. The smallest absolute Gasteiger partial charge is 0.248 e. The van der Waals surface area contributed by atoms with Crippen molar-refractivity contribution >= 4 is 28.1 Å². The molecule has 2 N–H and O–H groups in total. The molecule has 0 saturated heterocycles. The van der Waals surface area contributed by atoms with Crippen LogP contribution in [0.2, 0.25) is 0 Å². The van der Waals surface area contributed by atoms with Gasteiger partial charge in [0.1, 0.15) is 6.04 Å². The third kappa shape index (κ3) is 3.81. The Morgan fingerprint density at radius 3 is 2.55 bits per heavy atom. The van der Waals surface area contributed by atoms with Crippen LogP contribution in [0.5, 0.6) is 0 Å². The van der Waals surface area contributed by atoms with Crippen LogP contribution < -0.4 is 10.6 Å². The topological polar surface area (TPSA) is 54.0 Å². The lowest BCUT2D eigenvalue weighted by atomic mass is 10.1. The van der Waals surface area contributed by atoms with Crippen molar-refractivity contribution in [2.75, 3.05) is 10.6 Å². The predicted molar refractivity (Wildman–Crippen MR) is 84.4 cm³/mol. The first-order valence-electron chi connectivity index (χ1n) is 6.64. The van der Waals surface area contributed by atoms with E-state index in [4.69, 9.17) is 0 Å². The van der Waals surface area contributed by atoms with Crippen LogP contribution in [0.3, 0.4) is 0 Å². The minimum atomic E-state index is -0.262. The van der Waals surface area contributed by atoms with Crippen molar-refractivity contribution in [3.63, 3.8) is 0 Å². The van der Waals surface area contributed by atoms with Crippen molar-refractivity contribution in [3.05, 3.63) is 40.9 Å². The van der Waals surface area contributed by atoms with E-state index in [-0.39, 0.29) is 11.9 Å². The van der Waals surface area contributed by atoms with Crippen LogP contribution in [-0.4, -0.2) is 16.9 Å². The van der Waals surface area contributed by atoms with Gasteiger partial charge in [-0.1, -0.05) is 24.6 Å². The summed E-state index contributed by atoms with van der Waals surface area (Å²) in [5.74, 6) is -0.0533. The van der Waals surface area contributed by atoms with Crippen molar-refractivity contribution in [3.8, 4) is 0 Å². The number of amides is 1. The number of nitrogens with zero attached hydrogens (tertiary/aromatic N) is 1. The molecule has 20 heavy (non-hydrogen) atoms. The largest absolute Gasteiger partial charge is 0.374 e. The molecule has 1 amide bonds. The molecular formula is C15H19N3OS. The summed E-state index contributed by atoms with van der Waals surface area (Å²) in [7, 11) is 0. The number of benzene rings is 1. The van der Waals surface area contributed by atoms with Crippen molar-refractivity contribution in [2.45, 2.75) is 33.2 Å². The Kier molecular flexibility index (Phi) is 4.74. The van der Waals surface area contributed by atoms with Gasteiger partial charge in [-0.2, -0.15) is 0 Å². The second kappa shape index (κ2) is 6.52. The van der Waals surface area contributed by atoms with Crippen molar-refractivity contribution in [1.29, 1.82) is 0 Å². The molecule has 0 spiro atoms. The number of hydrogen-bond donors (Lipinski definition) is 2. The first-order chi connectivity index (χ1) is 9.58. The summed E-state index contributed by atoms with van der Waals surface area (Å²) in [6.07, 6.45) is 0.712. The Morgan fingerprint density at radius 1 is 1.30 bits per heavy atom. The zero-order chi connectivity index (χ0) is 14.5. The molecule has 0 aliphatic carbocycles. The van der Waals surface area contributed by atoms with Gasteiger partial charge >= 0.3 is 0 Å². The third-order valence-corrected chi connectivity index (χ3v) is 3.84. The maximum atomic E-state index is 12.2. The number of aryl methyl sites for hydroxylation is 2. The Bertz CT molecular complexity index is 577. The van der Waals surface area contributed by atoms with Gasteiger partial charge in [-0.05, 0) is 32.4 Å². The zero-order valence-electron chi connectivity index (χ0n) is 11.9. The molecule has 2 aromatic rings. The molecule has 0 aliphatic rings. The summed E-state index contributed by atoms with van der Waals surface area (Å²) in [5.41, 5.74) is 3.07. The fraction of sp³-hybridized carbons (Fsp3) is 0.333. The van der Waals surface area contributed by atoms with Crippen LogP contribution in [0.25, 0.3) is 0 Å². The number of hydrogen-bond acceptors (Lipinski definition) is 4. The van der Waals surface area contributed by atoms with Gasteiger partial charge < -0.3 is 10.6 Å².